The zero-order valence-electron chi connectivity index (χ0n) is 14.3. The predicted molar refractivity (Wildman–Crippen MR) is 93.7 cm³/mol. The van der Waals surface area contributed by atoms with Gasteiger partial charge in [0.25, 0.3) is 11.8 Å². The maximum atomic E-state index is 13.3. The van der Waals surface area contributed by atoms with E-state index in [1.54, 1.807) is 41.2 Å². The minimum absolute atomic E-state index is 0.0403. The van der Waals surface area contributed by atoms with Gasteiger partial charge in [-0.1, -0.05) is 0 Å². The van der Waals surface area contributed by atoms with Gasteiger partial charge in [0.1, 0.15) is 0 Å². The minimum Gasteiger partial charge on any atom is -0.338 e. The maximum absolute atomic E-state index is 13.3. The van der Waals surface area contributed by atoms with E-state index >= 15 is 0 Å². The van der Waals surface area contributed by atoms with E-state index in [4.69, 9.17) is 5.26 Å². The lowest BCUT2D eigenvalue weighted by molar-refractivity contribution is -0.0494. The van der Waals surface area contributed by atoms with Crippen molar-refractivity contribution < 1.29 is 13.6 Å². The average molecular weight is 367 g/mol. The summed E-state index contributed by atoms with van der Waals surface area (Å²) in [4.78, 5) is 18.2. The molecule has 0 aliphatic carbocycles. The smallest absolute Gasteiger partial charge is 0.255 e. The number of amides is 1. The second-order valence-electron chi connectivity index (χ2n) is 6.49. The number of pyridine rings is 1. The van der Waals surface area contributed by atoms with Crippen molar-refractivity contribution in [1.29, 1.82) is 5.26 Å². The number of piperidine rings is 1. The highest BCUT2D eigenvalue weighted by atomic mass is 19.3. The summed E-state index contributed by atoms with van der Waals surface area (Å²) in [7, 11) is 0. The molecule has 1 aliphatic heterocycles. The highest BCUT2D eigenvalue weighted by Gasteiger charge is 2.35. The zero-order valence-corrected chi connectivity index (χ0v) is 14.3. The van der Waals surface area contributed by atoms with Gasteiger partial charge < -0.3 is 4.90 Å². The third-order valence-corrected chi connectivity index (χ3v) is 4.69. The second kappa shape index (κ2) is 6.43. The van der Waals surface area contributed by atoms with Crippen molar-refractivity contribution in [3.63, 3.8) is 0 Å². The van der Waals surface area contributed by atoms with Crippen LogP contribution >= 0.6 is 0 Å². The average Bonchev–Trinajstić information content (AvgIpc) is 3.10. The number of rotatable bonds is 2. The van der Waals surface area contributed by atoms with Crippen LogP contribution in [0.2, 0.25) is 0 Å². The highest BCUT2D eigenvalue weighted by Crippen LogP contribution is 2.28. The largest absolute Gasteiger partial charge is 0.338 e. The Morgan fingerprint density at radius 2 is 1.93 bits per heavy atom. The normalized spacial score (nSPS) is 16.3. The van der Waals surface area contributed by atoms with Crippen molar-refractivity contribution in [3.8, 4) is 11.9 Å². The van der Waals surface area contributed by atoms with Gasteiger partial charge in [0.05, 0.1) is 28.9 Å². The topological polar surface area (TPSA) is 74.8 Å². The van der Waals surface area contributed by atoms with E-state index in [0.717, 1.165) is 10.9 Å². The fraction of sp³-hybridized carbons (Fsp3) is 0.263. The first kappa shape index (κ1) is 17.1. The lowest BCUT2D eigenvalue weighted by Gasteiger charge is -2.31. The number of aromatic nitrogens is 3. The molecule has 3 aromatic rings. The molecule has 0 N–H and O–H groups in total. The number of fused-ring (bicyclic) bond motifs is 1. The summed E-state index contributed by atoms with van der Waals surface area (Å²) in [5.74, 6) is -2.46. The van der Waals surface area contributed by atoms with Crippen molar-refractivity contribution in [2.75, 3.05) is 13.1 Å². The van der Waals surface area contributed by atoms with Crippen molar-refractivity contribution >= 4 is 16.8 Å². The Morgan fingerprint density at radius 1 is 1.15 bits per heavy atom. The van der Waals surface area contributed by atoms with Gasteiger partial charge in [-0.3, -0.25) is 4.79 Å². The van der Waals surface area contributed by atoms with Crippen LogP contribution in [0.5, 0.6) is 0 Å². The molecule has 1 saturated heterocycles. The fourth-order valence-electron chi connectivity index (χ4n) is 3.14. The van der Waals surface area contributed by atoms with Crippen LogP contribution in [0.25, 0.3) is 16.7 Å². The van der Waals surface area contributed by atoms with Gasteiger partial charge in [-0.15, -0.1) is 0 Å². The fourth-order valence-corrected chi connectivity index (χ4v) is 3.14. The molecule has 1 aromatic carbocycles. The van der Waals surface area contributed by atoms with Crippen LogP contribution in [0, 0.1) is 11.3 Å². The van der Waals surface area contributed by atoms with Gasteiger partial charge in [-0.05, 0) is 30.3 Å². The summed E-state index contributed by atoms with van der Waals surface area (Å²) in [6.45, 7) is 0.0806. The van der Waals surface area contributed by atoms with Crippen molar-refractivity contribution in [2.45, 2.75) is 18.8 Å². The van der Waals surface area contributed by atoms with Gasteiger partial charge in [0.15, 0.2) is 5.82 Å². The van der Waals surface area contributed by atoms with Crippen LogP contribution in [0.1, 0.15) is 28.8 Å². The lowest BCUT2D eigenvalue weighted by atomic mass is 10.1. The maximum Gasteiger partial charge on any atom is 0.255 e. The molecule has 1 fully saturated rings. The zero-order chi connectivity index (χ0) is 19.0. The first-order valence-corrected chi connectivity index (χ1v) is 8.48. The molecule has 2 aromatic heterocycles. The van der Waals surface area contributed by atoms with Gasteiger partial charge in [-0.2, -0.15) is 10.4 Å². The molecular weight excluding hydrogens is 352 g/mol. The van der Waals surface area contributed by atoms with Crippen molar-refractivity contribution in [3.05, 3.63) is 53.9 Å². The summed E-state index contributed by atoms with van der Waals surface area (Å²) in [6.07, 6.45) is 2.45. The van der Waals surface area contributed by atoms with Gasteiger partial charge in [-0.25, -0.2) is 18.4 Å². The van der Waals surface area contributed by atoms with E-state index in [-0.39, 0.29) is 31.8 Å². The number of carbonyl (C=O) groups is 1. The number of nitrogens with zero attached hydrogens (tertiary/aromatic N) is 5. The number of nitriles is 1. The second-order valence-corrected chi connectivity index (χ2v) is 6.49. The molecule has 4 rings (SSSR count). The van der Waals surface area contributed by atoms with Crippen LogP contribution < -0.4 is 0 Å². The molecule has 27 heavy (non-hydrogen) atoms. The molecule has 0 bridgehead atoms. The lowest BCUT2D eigenvalue weighted by Crippen LogP contribution is -2.42. The van der Waals surface area contributed by atoms with E-state index < -0.39 is 5.92 Å². The number of hydrogen-bond acceptors (Lipinski definition) is 4. The molecule has 136 valence electrons. The Balaban J connectivity index is 1.56. The van der Waals surface area contributed by atoms with Crippen LogP contribution in [-0.4, -0.2) is 44.6 Å². The molecule has 0 saturated carbocycles. The summed E-state index contributed by atoms with van der Waals surface area (Å²) in [5, 5.41) is 14.1. The SMILES string of the molecule is N#Cc1ccc2c(cnn2-c2ccc(C(=O)N3CCC(F)(F)CC3)cn2)c1. The predicted octanol–water partition coefficient (Wildman–Crippen LogP) is 3.16. The number of hydrogen-bond donors (Lipinski definition) is 0. The number of halogens is 2. The molecule has 0 unspecified atom stereocenters. The summed E-state index contributed by atoms with van der Waals surface area (Å²) < 4.78 is 28.1. The molecular formula is C19H15F2N5O. The Labute approximate surface area is 153 Å². The number of likely N-dealkylation sites (tertiary alicyclic amines) is 1. The Kier molecular flexibility index (Phi) is 4.07. The van der Waals surface area contributed by atoms with Crippen molar-refractivity contribution in [2.24, 2.45) is 0 Å². The van der Waals surface area contributed by atoms with E-state index in [1.165, 1.54) is 11.1 Å². The molecule has 6 nitrogen and oxygen atoms in total. The quantitative estimate of drug-likeness (QED) is 0.697. The first-order valence-electron chi connectivity index (χ1n) is 8.48. The van der Waals surface area contributed by atoms with Crippen LogP contribution in [0.15, 0.2) is 42.7 Å². The summed E-state index contributed by atoms with van der Waals surface area (Å²) >= 11 is 0. The van der Waals surface area contributed by atoms with Crippen LogP contribution in [0.3, 0.4) is 0 Å². The Bertz CT molecular complexity index is 1040. The van der Waals surface area contributed by atoms with Crippen LogP contribution in [-0.2, 0) is 0 Å². The minimum atomic E-state index is -2.69. The monoisotopic (exact) mass is 367 g/mol. The standard InChI is InChI=1S/C19H15F2N5O/c20-19(21)5-7-25(8-6-19)18(27)14-2-4-17(23-11-14)26-16-3-1-13(10-22)9-15(16)12-24-26/h1-4,9,11-12H,5-8H2. The molecule has 0 atom stereocenters. The van der Waals surface area contributed by atoms with E-state index in [0.29, 0.717) is 16.9 Å². The third-order valence-electron chi connectivity index (χ3n) is 4.69. The Morgan fingerprint density at radius 3 is 2.59 bits per heavy atom. The van der Waals surface area contributed by atoms with E-state index in [2.05, 4.69) is 16.2 Å². The highest BCUT2D eigenvalue weighted by molar-refractivity contribution is 5.94. The van der Waals surface area contributed by atoms with Crippen molar-refractivity contribution in [1.82, 2.24) is 19.7 Å². The van der Waals surface area contributed by atoms with Gasteiger partial charge in [0, 0.05) is 37.5 Å². The molecule has 1 amide bonds. The third kappa shape index (κ3) is 3.24. The molecule has 8 heteroatoms. The molecule has 0 spiro atoms. The number of alkyl halides is 2. The first-order chi connectivity index (χ1) is 13.0. The van der Waals surface area contributed by atoms with Gasteiger partial charge >= 0.3 is 0 Å². The van der Waals surface area contributed by atoms with Gasteiger partial charge in [0.2, 0.25) is 0 Å². The van der Waals surface area contributed by atoms with E-state index in [1.807, 2.05) is 0 Å². The molecule has 1 aliphatic rings. The molecule has 0 radical (unpaired) electrons. The number of carbonyl (C=O) groups excluding carboxylic acids is 1. The van der Waals surface area contributed by atoms with E-state index in [9.17, 15) is 13.6 Å². The summed E-state index contributed by atoms with van der Waals surface area (Å²) in [5.41, 5.74) is 1.69. The Hall–Kier alpha value is -3.34. The van der Waals surface area contributed by atoms with Crippen LogP contribution in [0.4, 0.5) is 8.78 Å². The summed E-state index contributed by atoms with van der Waals surface area (Å²) in [6, 6.07) is 10.6. The molecule has 3 heterocycles. The number of benzene rings is 1.